The van der Waals surface area contributed by atoms with E-state index in [1.807, 2.05) is 4.90 Å². The molecule has 1 aromatic heterocycles. The number of benzene rings is 2. The summed E-state index contributed by atoms with van der Waals surface area (Å²) in [5.41, 5.74) is -0.738. The van der Waals surface area contributed by atoms with Crippen molar-refractivity contribution < 1.29 is 22.8 Å². The highest BCUT2D eigenvalue weighted by atomic mass is 35.5. The summed E-state index contributed by atoms with van der Waals surface area (Å²) in [6.45, 7) is 1.73. The first-order chi connectivity index (χ1) is 15.6. The van der Waals surface area contributed by atoms with Gasteiger partial charge in [0.25, 0.3) is 5.91 Å². The van der Waals surface area contributed by atoms with Gasteiger partial charge in [0.15, 0.2) is 0 Å². The molecule has 4 rings (SSSR count). The van der Waals surface area contributed by atoms with Crippen molar-refractivity contribution in [3.05, 3.63) is 63.0 Å². The van der Waals surface area contributed by atoms with Crippen LogP contribution < -0.4 is 5.32 Å². The highest BCUT2D eigenvalue weighted by Crippen LogP contribution is 2.37. The second-order valence-electron chi connectivity index (χ2n) is 7.58. The second-order valence-corrected chi connectivity index (χ2v) is 9.45. The number of hydrogen-bond acceptors (Lipinski definition) is 4. The molecule has 0 spiro atoms. The van der Waals surface area contributed by atoms with Crippen LogP contribution in [0.3, 0.4) is 0 Å². The molecule has 2 heterocycles. The molecule has 1 fully saturated rings. The Morgan fingerprint density at radius 1 is 1.03 bits per heavy atom. The molecule has 11 heteroatoms. The molecule has 2 amide bonds. The van der Waals surface area contributed by atoms with Gasteiger partial charge >= 0.3 is 6.18 Å². The lowest BCUT2D eigenvalue weighted by Gasteiger charge is -2.34. The molecule has 1 N–H and O–H groups in total. The third-order valence-electron chi connectivity index (χ3n) is 5.29. The maximum atomic E-state index is 13.0. The van der Waals surface area contributed by atoms with Crippen LogP contribution in [0.25, 0.3) is 10.1 Å². The molecule has 5 nitrogen and oxygen atoms in total. The number of anilines is 1. The quantitative estimate of drug-likeness (QED) is 0.490. The van der Waals surface area contributed by atoms with Crippen molar-refractivity contribution in [3.8, 4) is 0 Å². The molecule has 1 aliphatic heterocycles. The Labute approximate surface area is 201 Å². The van der Waals surface area contributed by atoms with Crippen LogP contribution in [0.4, 0.5) is 18.9 Å². The average molecular weight is 516 g/mol. The minimum absolute atomic E-state index is 0.0143. The van der Waals surface area contributed by atoms with Gasteiger partial charge in [0, 0.05) is 47.0 Å². The topological polar surface area (TPSA) is 52.7 Å². The first-order valence-electron chi connectivity index (χ1n) is 9.98. The molecular formula is C22H18Cl2F3N3O2S. The van der Waals surface area contributed by atoms with E-state index in [1.165, 1.54) is 23.5 Å². The average Bonchev–Trinajstić information content (AvgIpc) is 3.09. The molecule has 0 bridgehead atoms. The van der Waals surface area contributed by atoms with Crippen LogP contribution in [0.15, 0.2) is 42.5 Å². The number of thiophene rings is 1. The monoisotopic (exact) mass is 515 g/mol. The molecule has 33 heavy (non-hydrogen) atoms. The maximum absolute atomic E-state index is 13.0. The number of carbonyl (C=O) groups is 2. The minimum atomic E-state index is -4.48. The van der Waals surface area contributed by atoms with Crippen molar-refractivity contribution in [2.24, 2.45) is 0 Å². The summed E-state index contributed by atoms with van der Waals surface area (Å²) in [6.07, 6.45) is -4.48. The van der Waals surface area contributed by atoms with Crippen molar-refractivity contribution >= 4 is 62.1 Å². The van der Waals surface area contributed by atoms with E-state index in [0.29, 0.717) is 41.1 Å². The largest absolute Gasteiger partial charge is 0.416 e. The fraction of sp³-hybridized carbons (Fsp3) is 0.273. The number of nitrogens with zero attached hydrogens (tertiary/aromatic N) is 2. The minimum Gasteiger partial charge on any atom is -0.335 e. The van der Waals surface area contributed by atoms with E-state index in [2.05, 4.69) is 5.32 Å². The Morgan fingerprint density at radius 3 is 2.45 bits per heavy atom. The van der Waals surface area contributed by atoms with Crippen LogP contribution in [-0.4, -0.2) is 54.3 Å². The molecule has 3 aromatic rings. The molecule has 174 valence electrons. The Balaban J connectivity index is 1.33. The van der Waals surface area contributed by atoms with Crippen molar-refractivity contribution in [1.29, 1.82) is 0 Å². The van der Waals surface area contributed by atoms with Crippen molar-refractivity contribution in [3.63, 3.8) is 0 Å². The summed E-state index contributed by atoms with van der Waals surface area (Å²) in [6, 6.07) is 9.78. The number of amides is 2. The number of carbonyl (C=O) groups excluding carboxylic acids is 2. The molecule has 0 radical (unpaired) electrons. The van der Waals surface area contributed by atoms with Crippen LogP contribution in [0, 0.1) is 0 Å². The standard InChI is InChI=1S/C22H18Cl2F3N3O2S/c23-14-4-5-16-17(11-14)33-20(19(16)24)21(32)30-8-6-29(7-9-30)12-18(31)28-15-3-1-2-13(10-15)22(25,26)27/h1-5,10-11H,6-9,12H2,(H,28,31). The van der Waals surface area contributed by atoms with E-state index in [9.17, 15) is 22.8 Å². The number of halogens is 5. The number of fused-ring (bicyclic) bond motifs is 1. The van der Waals surface area contributed by atoms with Crippen LogP contribution in [0.5, 0.6) is 0 Å². The fourth-order valence-corrected chi connectivity index (χ4v) is 5.36. The number of rotatable bonds is 4. The van der Waals surface area contributed by atoms with Crippen LogP contribution in [0.1, 0.15) is 15.2 Å². The molecule has 0 unspecified atom stereocenters. The SMILES string of the molecule is O=C(CN1CCN(C(=O)c2sc3cc(Cl)ccc3c2Cl)CC1)Nc1cccc(C(F)(F)F)c1. The predicted molar refractivity (Wildman–Crippen MR) is 124 cm³/mol. The van der Waals surface area contributed by atoms with E-state index in [0.717, 1.165) is 22.2 Å². The predicted octanol–water partition coefficient (Wildman–Crippen LogP) is 5.62. The first-order valence-corrected chi connectivity index (χ1v) is 11.6. The Morgan fingerprint density at radius 2 is 1.76 bits per heavy atom. The summed E-state index contributed by atoms with van der Waals surface area (Å²) in [7, 11) is 0. The van der Waals surface area contributed by atoms with Gasteiger partial charge in [0.1, 0.15) is 4.88 Å². The maximum Gasteiger partial charge on any atom is 0.416 e. The number of alkyl halides is 3. The summed E-state index contributed by atoms with van der Waals surface area (Å²) < 4.78 is 39.4. The number of hydrogen-bond donors (Lipinski definition) is 1. The van der Waals surface area contributed by atoms with Crippen molar-refractivity contribution in [2.75, 3.05) is 38.0 Å². The third kappa shape index (κ3) is 5.43. The lowest BCUT2D eigenvalue weighted by Crippen LogP contribution is -2.50. The third-order valence-corrected chi connectivity index (χ3v) is 7.17. The van der Waals surface area contributed by atoms with Gasteiger partial charge in [-0.15, -0.1) is 11.3 Å². The van der Waals surface area contributed by atoms with Crippen LogP contribution in [-0.2, 0) is 11.0 Å². The highest BCUT2D eigenvalue weighted by molar-refractivity contribution is 7.21. The van der Waals surface area contributed by atoms with E-state index < -0.39 is 17.6 Å². The molecule has 1 saturated heterocycles. The summed E-state index contributed by atoms with van der Waals surface area (Å²) in [5, 5.41) is 4.25. The molecule has 2 aromatic carbocycles. The zero-order valence-corrected chi connectivity index (χ0v) is 19.4. The zero-order chi connectivity index (χ0) is 23.8. The van der Waals surface area contributed by atoms with Crippen molar-refractivity contribution in [1.82, 2.24) is 9.80 Å². The van der Waals surface area contributed by atoms with E-state index in [4.69, 9.17) is 23.2 Å². The van der Waals surface area contributed by atoms with Gasteiger partial charge < -0.3 is 10.2 Å². The fourth-order valence-electron chi connectivity index (χ4n) is 3.61. The number of nitrogens with one attached hydrogen (secondary N) is 1. The van der Waals surface area contributed by atoms with Crippen molar-refractivity contribution in [2.45, 2.75) is 6.18 Å². The Bertz CT molecular complexity index is 1210. The number of piperazine rings is 1. The summed E-state index contributed by atoms with van der Waals surface area (Å²) in [4.78, 5) is 29.3. The molecule has 1 aliphatic rings. The molecular weight excluding hydrogens is 498 g/mol. The Hall–Kier alpha value is -2.33. The molecule has 0 atom stereocenters. The van der Waals surface area contributed by atoms with Gasteiger partial charge in [-0.1, -0.05) is 35.3 Å². The van der Waals surface area contributed by atoms with E-state index in [-0.39, 0.29) is 18.1 Å². The van der Waals surface area contributed by atoms with Crippen LogP contribution in [0.2, 0.25) is 10.0 Å². The zero-order valence-electron chi connectivity index (χ0n) is 17.1. The summed E-state index contributed by atoms with van der Waals surface area (Å²) in [5.74, 6) is -0.594. The lowest BCUT2D eigenvalue weighted by molar-refractivity contribution is -0.137. The smallest absolute Gasteiger partial charge is 0.335 e. The highest BCUT2D eigenvalue weighted by Gasteiger charge is 2.31. The molecule has 0 saturated carbocycles. The molecule has 0 aliphatic carbocycles. The van der Waals surface area contributed by atoms with Crippen LogP contribution >= 0.6 is 34.5 Å². The first kappa shape index (κ1) is 23.8. The van der Waals surface area contributed by atoms with E-state index >= 15 is 0 Å². The van der Waals surface area contributed by atoms with Gasteiger partial charge in [-0.2, -0.15) is 13.2 Å². The van der Waals surface area contributed by atoms with Gasteiger partial charge in [0.2, 0.25) is 5.91 Å². The van der Waals surface area contributed by atoms with Gasteiger partial charge in [0.05, 0.1) is 17.1 Å². The van der Waals surface area contributed by atoms with Gasteiger partial charge in [-0.3, -0.25) is 14.5 Å². The second kappa shape index (κ2) is 9.50. The normalized spacial score (nSPS) is 15.1. The van der Waals surface area contributed by atoms with Gasteiger partial charge in [-0.05, 0) is 30.3 Å². The lowest BCUT2D eigenvalue weighted by atomic mass is 10.2. The van der Waals surface area contributed by atoms with Gasteiger partial charge in [-0.25, -0.2) is 0 Å². The Kier molecular flexibility index (Phi) is 6.86. The summed E-state index contributed by atoms with van der Waals surface area (Å²) >= 11 is 13.7. The van der Waals surface area contributed by atoms with E-state index in [1.54, 1.807) is 23.1 Å².